The van der Waals surface area contributed by atoms with E-state index in [1.807, 2.05) is 6.92 Å². The summed E-state index contributed by atoms with van der Waals surface area (Å²) in [5.74, 6) is -1.58. The number of ketones is 1. The number of nitro benzene ring substituents is 1. The van der Waals surface area contributed by atoms with Gasteiger partial charge in [-0.05, 0) is 31.5 Å². The molecule has 9 nitrogen and oxygen atoms in total. The third kappa shape index (κ3) is 3.46. The Morgan fingerprint density at radius 2 is 1.74 bits per heavy atom. The van der Waals surface area contributed by atoms with Gasteiger partial charge in [0.2, 0.25) is 0 Å². The Bertz CT molecular complexity index is 1220. The van der Waals surface area contributed by atoms with Gasteiger partial charge in [-0.15, -0.1) is 0 Å². The molecule has 0 bridgehead atoms. The van der Waals surface area contributed by atoms with Gasteiger partial charge in [0.15, 0.2) is 5.82 Å². The minimum Gasteiger partial charge on any atom is -0.507 e. The van der Waals surface area contributed by atoms with Crippen LogP contribution in [0.25, 0.3) is 5.76 Å². The highest BCUT2D eigenvalue weighted by Crippen LogP contribution is 2.42. The third-order valence-corrected chi connectivity index (χ3v) is 5.05. The van der Waals surface area contributed by atoms with Crippen molar-refractivity contribution in [3.63, 3.8) is 0 Å². The summed E-state index contributed by atoms with van der Waals surface area (Å²) in [6, 6.07) is 12.7. The number of nitrogens with zero attached hydrogens (tertiary/aromatic N) is 3. The van der Waals surface area contributed by atoms with Gasteiger partial charge in [-0.3, -0.25) is 24.6 Å². The van der Waals surface area contributed by atoms with E-state index in [1.165, 1.54) is 30.3 Å². The number of non-ortho nitro benzene ring substituents is 1. The molecule has 1 amide bonds. The molecule has 1 fully saturated rings. The monoisotopic (exact) mass is 419 g/mol. The predicted octanol–water partition coefficient (Wildman–Crippen LogP) is 3.83. The van der Waals surface area contributed by atoms with Crippen LogP contribution in [0.1, 0.15) is 28.5 Å². The van der Waals surface area contributed by atoms with E-state index in [2.05, 4.69) is 5.16 Å². The van der Waals surface area contributed by atoms with E-state index in [4.69, 9.17) is 4.52 Å². The molecule has 1 aliphatic heterocycles. The maximum absolute atomic E-state index is 13.0. The second-order valence-corrected chi connectivity index (χ2v) is 7.18. The van der Waals surface area contributed by atoms with E-state index in [0.717, 1.165) is 10.5 Å². The van der Waals surface area contributed by atoms with Crippen molar-refractivity contribution in [2.45, 2.75) is 19.9 Å². The Morgan fingerprint density at radius 1 is 1.10 bits per heavy atom. The highest BCUT2D eigenvalue weighted by molar-refractivity contribution is 6.51. The van der Waals surface area contributed by atoms with Crippen LogP contribution in [0, 0.1) is 24.0 Å². The summed E-state index contributed by atoms with van der Waals surface area (Å²) in [5.41, 5.74) is 1.45. The second-order valence-electron chi connectivity index (χ2n) is 7.18. The average molecular weight is 419 g/mol. The first-order chi connectivity index (χ1) is 14.8. The van der Waals surface area contributed by atoms with Gasteiger partial charge in [-0.25, -0.2) is 0 Å². The van der Waals surface area contributed by atoms with Gasteiger partial charge in [-0.1, -0.05) is 35.0 Å². The van der Waals surface area contributed by atoms with Crippen LogP contribution in [0.2, 0.25) is 0 Å². The highest BCUT2D eigenvalue weighted by atomic mass is 16.6. The largest absolute Gasteiger partial charge is 0.507 e. The van der Waals surface area contributed by atoms with Crippen LogP contribution in [-0.2, 0) is 9.59 Å². The highest BCUT2D eigenvalue weighted by Gasteiger charge is 2.48. The van der Waals surface area contributed by atoms with Crippen LogP contribution in [0.3, 0.4) is 0 Å². The van der Waals surface area contributed by atoms with Crippen molar-refractivity contribution < 1.29 is 24.1 Å². The number of amides is 1. The first-order valence-electron chi connectivity index (χ1n) is 9.33. The van der Waals surface area contributed by atoms with E-state index in [9.17, 15) is 24.8 Å². The molecule has 1 saturated heterocycles. The van der Waals surface area contributed by atoms with Crippen LogP contribution >= 0.6 is 0 Å². The number of carbonyl (C=O) groups is 2. The molecule has 31 heavy (non-hydrogen) atoms. The molecule has 1 aromatic heterocycles. The van der Waals surface area contributed by atoms with Gasteiger partial charge < -0.3 is 9.63 Å². The SMILES string of the molecule is Cc1ccc(/C(O)=C2\C(=O)C(=O)N(c3cc(C)on3)C2c2ccc([N+](=O)[O-])cc2)cc1. The molecule has 9 heteroatoms. The lowest BCUT2D eigenvalue weighted by Crippen LogP contribution is -2.29. The number of aliphatic hydroxyl groups excluding tert-OH is 1. The molecule has 3 aromatic rings. The summed E-state index contributed by atoms with van der Waals surface area (Å²) in [6.45, 7) is 3.52. The molecule has 2 heterocycles. The van der Waals surface area contributed by atoms with Crippen molar-refractivity contribution in [1.82, 2.24) is 5.16 Å². The summed E-state index contributed by atoms with van der Waals surface area (Å²) in [5, 5.41) is 25.8. The second kappa shape index (κ2) is 7.52. The number of hydrogen-bond acceptors (Lipinski definition) is 7. The molecule has 1 unspecified atom stereocenters. The molecule has 4 rings (SSSR count). The topological polar surface area (TPSA) is 127 Å². The lowest BCUT2D eigenvalue weighted by atomic mass is 9.95. The molecular weight excluding hydrogens is 402 g/mol. The van der Waals surface area contributed by atoms with E-state index < -0.39 is 22.7 Å². The molecule has 0 aliphatic carbocycles. The molecule has 2 aromatic carbocycles. The number of aliphatic hydroxyl groups is 1. The van der Waals surface area contributed by atoms with E-state index in [1.54, 1.807) is 31.2 Å². The molecule has 1 N–H and O–H groups in total. The molecule has 1 atom stereocenters. The standard InChI is InChI=1S/C22H17N3O6/c1-12-3-5-15(6-4-12)20(26)18-19(14-7-9-16(10-8-14)25(29)30)24(22(28)21(18)27)17-11-13(2)31-23-17/h3-11,19,26H,1-2H3/b20-18+. The maximum Gasteiger partial charge on any atom is 0.301 e. The first-order valence-corrected chi connectivity index (χ1v) is 9.33. The Labute approximate surface area is 176 Å². The van der Waals surface area contributed by atoms with E-state index in [-0.39, 0.29) is 22.8 Å². The summed E-state index contributed by atoms with van der Waals surface area (Å²) < 4.78 is 5.07. The Hall–Kier alpha value is -4.27. The molecular formula is C22H17N3O6. The Balaban J connectivity index is 1.92. The van der Waals surface area contributed by atoms with Crippen molar-refractivity contribution >= 4 is 29.0 Å². The molecule has 0 radical (unpaired) electrons. The van der Waals surface area contributed by atoms with Crippen LogP contribution in [0.15, 0.2) is 64.7 Å². The van der Waals surface area contributed by atoms with Gasteiger partial charge in [0.05, 0.1) is 16.5 Å². The van der Waals surface area contributed by atoms with Gasteiger partial charge in [0.25, 0.3) is 11.5 Å². The van der Waals surface area contributed by atoms with Crippen LogP contribution in [0.4, 0.5) is 11.5 Å². The summed E-state index contributed by atoms with van der Waals surface area (Å²) in [7, 11) is 0. The fourth-order valence-electron chi connectivity index (χ4n) is 3.50. The maximum atomic E-state index is 13.0. The van der Waals surface area contributed by atoms with Crippen LogP contribution in [-0.4, -0.2) is 26.9 Å². The predicted molar refractivity (Wildman–Crippen MR) is 110 cm³/mol. The number of benzene rings is 2. The van der Waals surface area contributed by atoms with Gasteiger partial charge in [0.1, 0.15) is 11.5 Å². The first kappa shape index (κ1) is 20.0. The number of aromatic nitrogens is 1. The minimum atomic E-state index is -1.04. The van der Waals surface area contributed by atoms with Crippen molar-refractivity contribution in [2.24, 2.45) is 0 Å². The van der Waals surface area contributed by atoms with E-state index >= 15 is 0 Å². The van der Waals surface area contributed by atoms with Crippen LogP contribution in [0.5, 0.6) is 0 Å². The van der Waals surface area contributed by atoms with Crippen molar-refractivity contribution in [3.05, 3.63) is 92.7 Å². The van der Waals surface area contributed by atoms with Crippen molar-refractivity contribution in [3.8, 4) is 0 Å². The molecule has 0 saturated carbocycles. The normalized spacial score (nSPS) is 17.9. The molecule has 156 valence electrons. The van der Waals surface area contributed by atoms with E-state index in [0.29, 0.717) is 16.9 Å². The third-order valence-electron chi connectivity index (χ3n) is 5.05. The molecule has 0 spiro atoms. The lowest BCUT2D eigenvalue weighted by molar-refractivity contribution is -0.384. The smallest absolute Gasteiger partial charge is 0.301 e. The zero-order valence-electron chi connectivity index (χ0n) is 16.6. The number of rotatable bonds is 4. The summed E-state index contributed by atoms with van der Waals surface area (Å²) >= 11 is 0. The van der Waals surface area contributed by atoms with Gasteiger partial charge in [-0.2, -0.15) is 0 Å². The molecule has 1 aliphatic rings. The zero-order chi connectivity index (χ0) is 22.3. The fourth-order valence-corrected chi connectivity index (χ4v) is 3.50. The number of aryl methyl sites for hydroxylation is 2. The quantitative estimate of drug-likeness (QED) is 0.224. The number of Topliss-reactive ketones (excluding diaryl/α,β-unsaturated/α-hetero) is 1. The number of hydrogen-bond donors (Lipinski definition) is 1. The Kier molecular flexibility index (Phi) is 4.86. The fraction of sp³-hybridized carbons (Fsp3) is 0.136. The minimum absolute atomic E-state index is 0.103. The Morgan fingerprint density at radius 3 is 2.29 bits per heavy atom. The van der Waals surface area contributed by atoms with Crippen LogP contribution < -0.4 is 4.90 Å². The lowest BCUT2D eigenvalue weighted by Gasteiger charge is -2.22. The number of nitro groups is 1. The average Bonchev–Trinajstić information content (AvgIpc) is 3.29. The number of anilines is 1. The summed E-state index contributed by atoms with van der Waals surface area (Å²) in [6.07, 6.45) is 0. The van der Waals surface area contributed by atoms with Crippen molar-refractivity contribution in [1.29, 1.82) is 0 Å². The van der Waals surface area contributed by atoms with Gasteiger partial charge >= 0.3 is 5.91 Å². The van der Waals surface area contributed by atoms with Crippen molar-refractivity contribution in [2.75, 3.05) is 4.90 Å². The number of carbonyl (C=O) groups excluding carboxylic acids is 2. The summed E-state index contributed by atoms with van der Waals surface area (Å²) in [4.78, 5) is 37.5. The zero-order valence-corrected chi connectivity index (χ0v) is 16.6. The van der Waals surface area contributed by atoms with Gasteiger partial charge in [0, 0.05) is 23.8 Å².